The molecule has 0 saturated carbocycles. The Morgan fingerprint density at radius 1 is 1.53 bits per heavy atom. The van der Waals surface area contributed by atoms with Gasteiger partial charge in [0.2, 0.25) is 0 Å². The first kappa shape index (κ1) is 11.4. The number of anilines is 1. The van der Waals surface area contributed by atoms with Gasteiger partial charge in [-0.2, -0.15) is 11.8 Å². The summed E-state index contributed by atoms with van der Waals surface area (Å²) in [5, 5.41) is 4.16. The zero-order chi connectivity index (χ0) is 10.5. The summed E-state index contributed by atoms with van der Waals surface area (Å²) in [5.41, 5.74) is 0. The van der Waals surface area contributed by atoms with Crippen LogP contribution in [-0.2, 0) is 0 Å². The lowest BCUT2D eigenvalue weighted by Crippen LogP contribution is -2.20. The molecule has 0 radical (unpaired) electrons. The second-order valence-corrected chi connectivity index (χ2v) is 6.16. The van der Waals surface area contributed by atoms with E-state index in [2.05, 4.69) is 49.6 Å². The molecule has 15 heavy (non-hydrogen) atoms. The van der Waals surface area contributed by atoms with Gasteiger partial charge in [0.15, 0.2) is 0 Å². The maximum atomic E-state index is 4.22. The molecule has 1 unspecified atom stereocenters. The Labute approximate surface area is 108 Å². The normalized spacial score (nSPS) is 21.3. The Bertz CT molecular complexity index is 315. The number of hydrogen-bond acceptors (Lipinski definition) is 4. The predicted octanol–water partition coefficient (Wildman–Crippen LogP) is 2.78. The third-order valence-corrected chi connectivity index (χ3v) is 4.63. The number of nitrogens with one attached hydrogen (secondary N) is 1. The second kappa shape index (κ2) is 5.89. The van der Waals surface area contributed by atoms with Gasteiger partial charge in [0.1, 0.15) is 12.1 Å². The number of aromatic nitrogens is 2. The van der Waals surface area contributed by atoms with E-state index in [1.54, 1.807) is 6.33 Å². The van der Waals surface area contributed by atoms with Crippen molar-refractivity contribution < 1.29 is 0 Å². The van der Waals surface area contributed by atoms with Gasteiger partial charge in [0, 0.05) is 18.0 Å². The van der Waals surface area contributed by atoms with E-state index < -0.39 is 0 Å². The van der Waals surface area contributed by atoms with E-state index in [0.29, 0.717) is 0 Å². The first-order chi connectivity index (χ1) is 7.36. The maximum Gasteiger partial charge on any atom is 0.142 e. The van der Waals surface area contributed by atoms with Crippen LogP contribution in [0.4, 0.5) is 5.82 Å². The van der Waals surface area contributed by atoms with E-state index in [-0.39, 0.29) is 0 Å². The van der Waals surface area contributed by atoms with Crippen LogP contribution in [-0.4, -0.2) is 27.5 Å². The lowest BCUT2D eigenvalue weighted by atomic mass is 10.2. The van der Waals surface area contributed by atoms with Crippen molar-refractivity contribution in [2.45, 2.75) is 24.5 Å². The average Bonchev–Trinajstić information content (AvgIpc) is 2.29. The molecule has 82 valence electrons. The summed E-state index contributed by atoms with van der Waals surface area (Å²) >= 11 is 4.34. The highest BCUT2D eigenvalue weighted by Crippen LogP contribution is 2.25. The van der Waals surface area contributed by atoms with E-state index in [0.717, 1.165) is 21.2 Å². The van der Waals surface area contributed by atoms with E-state index in [9.17, 15) is 0 Å². The van der Waals surface area contributed by atoms with Crippen molar-refractivity contribution in [2.24, 2.45) is 0 Å². The zero-order valence-corrected chi connectivity index (χ0v) is 11.4. The van der Waals surface area contributed by atoms with Crippen molar-refractivity contribution >= 4 is 40.2 Å². The smallest absolute Gasteiger partial charge is 0.142 e. The minimum Gasteiger partial charge on any atom is -0.368 e. The van der Waals surface area contributed by atoms with Gasteiger partial charge in [0.25, 0.3) is 0 Å². The Morgan fingerprint density at radius 3 is 3.20 bits per heavy atom. The van der Waals surface area contributed by atoms with Crippen molar-refractivity contribution in [3.05, 3.63) is 16.1 Å². The fourth-order valence-electron chi connectivity index (χ4n) is 1.62. The topological polar surface area (TPSA) is 37.8 Å². The molecule has 0 amide bonds. The van der Waals surface area contributed by atoms with Gasteiger partial charge in [-0.15, -0.1) is 0 Å². The van der Waals surface area contributed by atoms with E-state index in [1.165, 1.54) is 25.0 Å². The minimum atomic E-state index is 0.754. The van der Waals surface area contributed by atoms with Crippen LogP contribution in [0, 0.1) is 3.57 Å². The van der Waals surface area contributed by atoms with Crippen LogP contribution in [0.1, 0.15) is 19.3 Å². The SMILES string of the molecule is Ic1cncnc1NCC1CCCCS1. The minimum absolute atomic E-state index is 0.754. The molecule has 0 aromatic carbocycles. The van der Waals surface area contributed by atoms with Crippen LogP contribution in [0.25, 0.3) is 0 Å². The molecule has 2 rings (SSSR count). The highest BCUT2D eigenvalue weighted by molar-refractivity contribution is 14.1. The molecule has 1 aromatic heterocycles. The van der Waals surface area contributed by atoms with Crippen molar-refractivity contribution in [1.82, 2.24) is 9.97 Å². The molecule has 1 N–H and O–H groups in total. The Hall–Kier alpha value is -0.0400. The summed E-state index contributed by atoms with van der Waals surface area (Å²) in [6.07, 6.45) is 7.52. The third kappa shape index (κ3) is 3.48. The molecule has 2 heterocycles. The molecular formula is C10H14IN3S. The molecule has 0 bridgehead atoms. The van der Waals surface area contributed by atoms with Crippen molar-refractivity contribution in [3.8, 4) is 0 Å². The quantitative estimate of drug-likeness (QED) is 0.862. The molecule has 1 fully saturated rings. The van der Waals surface area contributed by atoms with E-state index in [4.69, 9.17) is 0 Å². The average molecular weight is 335 g/mol. The predicted molar refractivity (Wildman–Crippen MR) is 73.3 cm³/mol. The number of nitrogens with zero attached hydrogens (tertiary/aromatic N) is 2. The van der Waals surface area contributed by atoms with E-state index in [1.807, 2.05) is 6.20 Å². The first-order valence-electron chi connectivity index (χ1n) is 5.17. The molecule has 1 aromatic rings. The number of rotatable bonds is 3. The van der Waals surface area contributed by atoms with Crippen molar-refractivity contribution in [1.29, 1.82) is 0 Å². The standard InChI is InChI=1S/C10H14IN3S/c11-9-6-12-7-14-10(9)13-5-8-3-1-2-4-15-8/h6-8H,1-5H2,(H,12,13,14). The molecule has 0 spiro atoms. The van der Waals surface area contributed by atoms with Crippen LogP contribution < -0.4 is 5.32 Å². The van der Waals surface area contributed by atoms with Crippen LogP contribution in [0.15, 0.2) is 12.5 Å². The highest BCUT2D eigenvalue weighted by atomic mass is 127. The van der Waals surface area contributed by atoms with Crippen LogP contribution >= 0.6 is 34.4 Å². The second-order valence-electron chi connectivity index (χ2n) is 3.59. The molecule has 1 saturated heterocycles. The summed E-state index contributed by atoms with van der Waals surface area (Å²) < 4.78 is 1.09. The van der Waals surface area contributed by atoms with Crippen molar-refractivity contribution in [3.63, 3.8) is 0 Å². The molecule has 1 aliphatic rings. The van der Waals surface area contributed by atoms with Gasteiger partial charge in [-0.05, 0) is 41.2 Å². The maximum absolute atomic E-state index is 4.22. The van der Waals surface area contributed by atoms with E-state index >= 15 is 0 Å². The Morgan fingerprint density at radius 2 is 2.47 bits per heavy atom. The van der Waals surface area contributed by atoms with Crippen LogP contribution in [0.5, 0.6) is 0 Å². The summed E-state index contributed by atoms with van der Waals surface area (Å²) in [7, 11) is 0. The number of halogens is 1. The van der Waals surface area contributed by atoms with Crippen LogP contribution in [0.2, 0.25) is 0 Å². The zero-order valence-electron chi connectivity index (χ0n) is 8.45. The Balaban J connectivity index is 1.84. The van der Waals surface area contributed by atoms with Gasteiger partial charge in [-0.3, -0.25) is 0 Å². The summed E-state index contributed by atoms with van der Waals surface area (Å²) in [4.78, 5) is 8.20. The fourth-order valence-corrected chi connectivity index (χ4v) is 3.35. The fraction of sp³-hybridized carbons (Fsp3) is 0.600. The first-order valence-corrected chi connectivity index (χ1v) is 7.30. The molecular weight excluding hydrogens is 321 g/mol. The monoisotopic (exact) mass is 335 g/mol. The van der Waals surface area contributed by atoms with Gasteiger partial charge in [0.05, 0.1) is 3.57 Å². The number of hydrogen-bond donors (Lipinski definition) is 1. The van der Waals surface area contributed by atoms with Gasteiger partial charge < -0.3 is 5.32 Å². The number of thioether (sulfide) groups is 1. The lowest BCUT2D eigenvalue weighted by molar-refractivity contribution is 0.676. The van der Waals surface area contributed by atoms with Gasteiger partial charge in [-0.1, -0.05) is 6.42 Å². The van der Waals surface area contributed by atoms with Crippen LogP contribution in [0.3, 0.4) is 0 Å². The van der Waals surface area contributed by atoms with Crippen molar-refractivity contribution in [2.75, 3.05) is 17.6 Å². The Kier molecular flexibility index (Phi) is 4.49. The molecule has 1 atom stereocenters. The third-order valence-electron chi connectivity index (χ3n) is 2.44. The van der Waals surface area contributed by atoms with Gasteiger partial charge >= 0.3 is 0 Å². The lowest BCUT2D eigenvalue weighted by Gasteiger charge is -2.21. The summed E-state index contributed by atoms with van der Waals surface area (Å²) in [6.45, 7) is 1.03. The summed E-state index contributed by atoms with van der Waals surface area (Å²) in [5.74, 6) is 2.28. The summed E-state index contributed by atoms with van der Waals surface area (Å²) in [6, 6.07) is 0. The highest BCUT2D eigenvalue weighted by Gasteiger charge is 2.13. The molecule has 5 heteroatoms. The molecule has 0 aliphatic carbocycles. The largest absolute Gasteiger partial charge is 0.368 e. The molecule has 1 aliphatic heterocycles. The molecule has 3 nitrogen and oxygen atoms in total. The van der Waals surface area contributed by atoms with Gasteiger partial charge in [-0.25, -0.2) is 9.97 Å².